The van der Waals surface area contributed by atoms with Gasteiger partial charge in [0.1, 0.15) is 0 Å². The van der Waals surface area contributed by atoms with Gasteiger partial charge in [-0.3, -0.25) is 4.79 Å². The van der Waals surface area contributed by atoms with Crippen molar-refractivity contribution in [2.24, 2.45) is 0 Å². The average molecular weight is 299 g/mol. The number of anilines is 1. The van der Waals surface area contributed by atoms with Crippen LogP contribution in [0.4, 0.5) is 5.69 Å². The second-order valence-corrected chi connectivity index (χ2v) is 7.00. The van der Waals surface area contributed by atoms with E-state index in [1.807, 2.05) is 12.1 Å². The molecule has 0 unspecified atom stereocenters. The molecule has 0 spiro atoms. The molecule has 1 aromatic rings. The summed E-state index contributed by atoms with van der Waals surface area (Å²) in [6.07, 6.45) is 1.08. The molecule has 1 aromatic carbocycles. The fraction of sp³-hybridized carbons (Fsp3) is 0.462. The van der Waals surface area contributed by atoms with E-state index in [4.69, 9.17) is 5.73 Å². The number of amides is 1. The monoisotopic (exact) mass is 299 g/mol. The molecule has 1 rings (SSSR count). The number of hydrogen-bond acceptors (Lipinski definition) is 4. The zero-order valence-corrected chi connectivity index (χ0v) is 12.8. The molecule has 0 fully saturated rings. The minimum Gasteiger partial charge on any atom is -0.399 e. The van der Waals surface area contributed by atoms with Gasteiger partial charge in [-0.05, 0) is 31.5 Å². The molecular formula is C13H21N3O3S. The highest BCUT2D eigenvalue weighted by atomic mass is 32.2. The third kappa shape index (κ3) is 4.82. The Kier molecular flexibility index (Phi) is 5.13. The number of hydrogen-bond donors (Lipinski definition) is 3. The van der Waals surface area contributed by atoms with Crippen LogP contribution in [-0.4, -0.2) is 33.7 Å². The van der Waals surface area contributed by atoms with Crippen LogP contribution in [-0.2, 0) is 20.2 Å². The lowest BCUT2D eigenvalue weighted by molar-refractivity contribution is -0.125. The van der Waals surface area contributed by atoms with Crippen molar-refractivity contribution in [2.75, 3.05) is 25.1 Å². The van der Waals surface area contributed by atoms with Crippen LogP contribution in [0.25, 0.3) is 0 Å². The molecule has 0 aliphatic rings. The summed E-state index contributed by atoms with van der Waals surface area (Å²) < 4.78 is 24.1. The Balaban J connectivity index is 2.59. The van der Waals surface area contributed by atoms with Gasteiger partial charge in [-0.1, -0.05) is 12.1 Å². The van der Waals surface area contributed by atoms with Crippen LogP contribution in [0.2, 0.25) is 0 Å². The highest BCUT2D eigenvalue weighted by Gasteiger charge is 2.29. The molecule has 20 heavy (non-hydrogen) atoms. The SMILES string of the molecule is CC(C)(C(=O)NCCNS(C)(=O)=O)c1ccc(N)cc1. The lowest BCUT2D eigenvalue weighted by Gasteiger charge is -2.24. The van der Waals surface area contributed by atoms with Gasteiger partial charge < -0.3 is 11.1 Å². The van der Waals surface area contributed by atoms with E-state index in [1.54, 1.807) is 26.0 Å². The molecule has 0 saturated heterocycles. The number of nitrogens with one attached hydrogen (secondary N) is 2. The first kappa shape index (κ1) is 16.5. The largest absolute Gasteiger partial charge is 0.399 e. The molecule has 0 saturated carbocycles. The number of nitrogen functional groups attached to an aromatic ring is 1. The topological polar surface area (TPSA) is 101 Å². The summed E-state index contributed by atoms with van der Waals surface area (Å²) >= 11 is 0. The van der Waals surface area contributed by atoms with Crippen molar-refractivity contribution in [3.63, 3.8) is 0 Å². The summed E-state index contributed by atoms with van der Waals surface area (Å²) in [7, 11) is -3.23. The quantitative estimate of drug-likeness (QED) is 0.516. The van der Waals surface area contributed by atoms with Crippen molar-refractivity contribution in [3.8, 4) is 0 Å². The van der Waals surface area contributed by atoms with Gasteiger partial charge >= 0.3 is 0 Å². The maximum atomic E-state index is 12.2. The summed E-state index contributed by atoms with van der Waals surface area (Å²) in [6, 6.07) is 7.11. The fourth-order valence-corrected chi connectivity index (χ4v) is 2.14. The van der Waals surface area contributed by atoms with E-state index >= 15 is 0 Å². The van der Waals surface area contributed by atoms with E-state index in [9.17, 15) is 13.2 Å². The number of sulfonamides is 1. The standard InChI is InChI=1S/C13H21N3O3S/c1-13(2,10-4-6-11(14)7-5-10)12(17)15-8-9-16-20(3,18)19/h4-7,16H,8-9,14H2,1-3H3,(H,15,17). The smallest absolute Gasteiger partial charge is 0.230 e. The number of rotatable bonds is 6. The molecule has 0 aromatic heterocycles. The van der Waals surface area contributed by atoms with Crippen molar-refractivity contribution in [1.29, 1.82) is 0 Å². The van der Waals surface area contributed by atoms with E-state index in [2.05, 4.69) is 10.0 Å². The van der Waals surface area contributed by atoms with Gasteiger partial charge in [0.25, 0.3) is 0 Å². The number of nitrogens with two attached hydrogens (primary N) is 1. The maximum Gasteiger partial charge on any atom is 0.230 e. The van der Waals surface area contributed by atoms with Gasteiger partial charge in [0.05, 0.1) is 11.7 Å². The zero-order chi connectivity index (χ0) is 15.4. The molecule has 7 heteroatoms. The third-order valence-corrected chi connectivity index (χ3v) is 3.70. The van der Waals surface area contributed by atoms with Gasteiger partial charge in [0.2, 0.25) is 15.9 Å². The molecule has 0 bridgehead atoms. The van der Waals surface area contributed by atoms with Crippen LogP contribution in [0.15, 0.2) is 24.3 Å². The molecule has 0 atom stereocenters. The van der Waals surface area contributed by atoms with E-state index < -0.39 is 15.4 Å². The summed E-state index contributed by atoms with van der Waals surface area (Å²) in [5, 5.41) is 2.71. The van der Waals surface area contributed by atoms with Crippen LogP contribution in [0.5, 0.6) is 0 Å². The Labute approximate surface area is 119 Å². The van der Waals surface area contributed by atoms with Crippen LogP contribution in [0.1, 0.15) is 19.4 Å². The number of benzene rings is 1. The molecule has 112 valence electrons. The highest BCUT2D eigenvalue weighted by molar-refractivity contribution is 7.88. The Morgan fingerprint density at radius 3 is 2.25 bits per heavy atom. The van der Waals surface area contributed by atoms with Gasteiger partial charge in [-0.15, -0.1) is 0 Å². The minimum absolute atomic E-state index is 0.169. The lowest BCUT2D eigenvalue weighted by Crippen LogP contribution is -2.43. The first-order valence-corrected chi connectivity index (χ1v) is 8.11. The maximum absolute atomic E-state index is 12.2. The van der Waals surface area contributed by atoms with Crippen molar-refractivity contribution < 1.29 is 13.2 Å². The first-order valence-electron chi connectivity index (χ1n) is 6.22. The lowest BCUT2D eigenvalue weighted by atomic mass is 9.83. The Morgan fingerprint density at radius 1 is 1.20 bits per heavy atom. The Morgan fingerprint density at radius 2 is 1.75 bits per heavy atom. The summed E-state index contributed by atoms with van der Waals surface area (Å²) in [4.78, 5) is 12.2. The minimum atomic E-state index is -3.23. The molecule has 0 aliphatic heterocycles. The summed E-state index contributed by atoms with van der Waals surface area (Å²) in [6.45, 7) is 4.02. The normalized spacial score (nSPS) is 12.2. The van der Waals surface area contributed by atoms with Crippen LogP contribution in [0, 0.1) is 0 Å². The predicted molar refractivity (Wildman–Crippen MR) is 79.7 cm³/mol. The Bertz CT molecular complexity index is 565. The van der Waals surface area contributed by atoms with E-state index in [0.717, 1.165) is 11.8 Å². The fourth-order valence-electron chi connectivity index (χ4n) is 1.66. The molecule has 0 aliphatic carbocycles. The highest BCUT2D eigenvalue weighted by Crippen LogP contribution is 2.24. The van der Waals surface area contributed by atoms with Crippen LogP contribution < -0.4 is 15.8 Å². The van der Waals surface area contributed by atoms with Gasteiger partial charge in [0, 0.05) is 18.8 Å². The van der Waals surface area contributed by atoms with Crippen molar-refractivity contribution in [3.05, 3.63) is 29.8 Å². The van der Waals surface area contributed by atoms with E-state index in [1.165, 1.54) is 0 Å². The summed E-state index contributed by atoms with van der Waals surface area (Å²) in [5.74, 6) is -0.169. The zero-order valence-electron chi connectivity index (χ0n) is 11.9. The van der Waals surface area contributed by atoms with E-state index in [-0.39, 0.29) is 19.0 Å². The van der Waals surface area contributed by atoms with Crippen molar-refractivity contribution >= 4 is 21.6 Å². The molecule has 0 radical (unpaired) electrons. The van der Waals surface area contributed by atoms with Crippen LogP contribution in [0.3, 0.4) is 0 Å². The number of carbonyl (C=O) groups excluding carboxylic acids is 1. The first-order chi connectivity index (χ1) is 9.13. The second-order valence-electron chi connectivity index (χ2n) is 5.17. The van der Waals surface area contributed by atoms with Crippen molar-refractivity contribution in [1.82, 2.24) is 10.0 Å². The molecule has 6 nitrogen and oxygen atoms in total. The van der Waals surface area contributed by atoms with Gasteiger partial charge in [-0.2, -0.15) is 0 Å². The third-order valence-electron chi connectivity index (χ3n) is 2.97. The van der Waals surface area contributed by atoms with Crippen LogP contribution >= 0.6 is 0 Å². The molecule has 4 N–H and O–H groups in total. The number of carbonyl (C=O) groups is 1. The predicted octanol–water partition coefficient (Wildman–Crippen LogP) is 0.212. The molecule has 1 amide bonds. The molecular weight excluding hydrogens is 278 g/mol. The van der Waals surface area contributed by atoms with Crippen molar-refractivity contribution in [2.45, 2.75) is 19.3 Å². The van der Waals surface area contributed by atoms with Gasteiger partial charge in [0.15, 0.2) is 0 Å². The van der Waals surface area contributed by atoms with E-state index in [0.29, 0.717) is 5.69 Å². The average Bonchev–Trinajstić information content (AvgIpc) is 2.33. The Hall–Kier alpha value is -1.60. The van der Waals surface area contributed by atoms with Gasteiger partial charge in [-0.25, -0.2) is 13.1 Å². The second kappa shape index (κ2) is 6.23. The summed E-state index contributed by atoms with van der Waals surface area (Å²) in [5.41, 5.74) is 6.40. The molecule has 0 heterocycles.